The maximum atomic E-state index is 13.3. The Bertz CT molecular complexity index is 971. The minimum Gasteiger partial charge on any atom is -0.492 e. The van der Waals surface area contributed by atoms with E-state index in [0.717, 1.165) is 18.4 Å². The molecule has 0 saturated heterocycles. The maximum Gasteiger partial charge on any atom is 0.269 e. The van der Waals surface area contributed by atoms with Crippen molar-refractivity contribution in [2.24, 2.45) is 5.92 Å². The fraction of sp³-hybridized carbons (Fsp3) is 0.391. The van der Waals surface area contributed by atoms with Crippen LogP contribution in [0.25, 0.3) is 0 Å². The predicted octanol–water partition coefficient (Wildman–Crippen LogP) is 4.95. The van der Waals surface area contributed by atoms with Crippen molar-refractivity contribution in [1.29, 1.82) is 5.26 Å². The summed E-state index contributed by atoms with van der Waals surface area (Å²) in [5.41, 5.74) is 0.948. The highest BCUT2D eigenvalue weighted by Crippen LogP contribution is 2.42. The van der Waals surface area contributed by atoms with Gasteiger partial charge in [-0.3, -0.25) is 14.9 Å². The van der Waals surface area contributed by atoms with E-state index in [-0.39, 0.29) is 11.6 Å². The van der Waals surface area contributed by atoms with E-state index < -0.39 is 10.3 Å². The third kappa shape index (κ3) is 4.43. The van der Waals surface area contributed by atoms with Gasteiger partial charge in [-0.2, -0.15) is 5.26 Å². The molecule has 2 aromatic carbocycles. The lowest BCUT2D eigenvalue weighted by atomic mass is 9.78. The zero-order valence-electron chi connectivity index (χ0n) is 17.2. The minimum atomic E-state index is -0.727. The summed E-state index contributed by atoms with van der Waals surface area (Å²) in [5.74, 6) is 0.670. The number of carbonyl (C=O) groups is 1. The predicted molar refractivity (Wildman–Crippen MR) is 113 cm³/mol. The van der Waals surface area contributed by atoms with E-state index in [1.807, 2.05) is 13.8 Å². The Morgan fingerprint density at radius 2 is 1.90 bits per heavy atom. The summed E-state index contributed by atoms with van der Waals surface area (Å²) in [5, 5.41) is 23.4. The van der Waals surface area contributed by atoms with Gasteiger partial charge in [-0.15, -0.1) is 0 Å². The Morgan fingerprint density at radius 1 is 1.23 bits per heavy atom. The number of ether oxygens (including phenoxy) is 1. The van der Waals surface area contributed by atoms with Gasteiger partial charge in [0.2, 0.25) is 5.91 Å². The Kier molecular flexibility index (Phi) is 6.36. The van der Waals surface area contributed by atoms with Crippen molar-refractivity contribution >= 4 is 17.3 Å². The van der Waals surface area contributed by atoms with Crippen LogP contribution in [0.3, 0.4) is 0 Å². The normalized spacial score (nSPS) is 14.9. The summed E-state index contributed by atoms with van der Waals surface area (Å²) in [7, 11) is 0. The number of nitrogens with one attached hydrogen (secondary N) is 1. The number of amides is 1. The standard InChI is InChI=1S/C23H25N3O4/c1-16(2)15-30-21-10-7-19(13-17(21)14-24)25-22(27)23(11-3-4-12-23)18-5-8-20(9-6-18)26(28)29/h5-10,13,16H,3-4,11-12,15H2,1-2H3,(H,25,27). The first-order chi connectivity index (χ1) is 14.4. The number of rotatable bonds is 7. The van der Waals surface area contributed by atoms with Gasteiger partial charge in [0.1, 0.15) is 11.8 Å². The maximum absolute atomic E-state index is 13.3. The third-order valence-corrected chi connectivity index (χ3v) is 5.45. The molecule has 0 heterocycles. The van der Waals surface area contributed by atoms with Crippen LogP contribution in [0, 0.1) is 27.4 Å². The summed E-state index contributed by atoms with van der Waals surface area (Å²) in [4.78, 5) is 23.8. The molecule has 0 spiro atoms. The van der Waals surface area contributed by atoms with E-state index in [1.54, 1.807) is 30.3 Å². The second-order valence-electron chi connectivity index (χ2n) is 8.07. The molecule has 156 valence electrons. The third-order valence-electron chi connectivity index (χ3n) is 5.45. The molecular weight excluding hydrogens is 382 g/mol. The average Bonchev–Trinajstić information content (AvgIpc) is 3.24. The van der Waals surface area contributed by atoms with E-state index in [2.05, 4.69) is 11.4 Å². The molecule has 0 aromatic heterocycles. The number of nitrogens with zero attached hydrogens (tertiary/aromatic N) is 2. The van der Waals surface area contributed by atoms with Crippen LogP contribution in [-0.4, -0.2) is 17.4 Å². The highest BCUT2D eigenvalue weighted by Gasteiger charge is 2.42. The molecule has 1 saturated carbocycles. The zero-order valence-corrected chi connectivity index (χ0v) is 17.2. The first-order valence-electron chi connectivity index (χ1n) is 10.1. The molecule has 3 rings (SSSR count). The van der Waals surface area contributed by atoms with Gasteiger partial charge in [-0.1, -0.05) is 38.8 Å². The number of nitriles is 1. The van der Waals surface area contributed by atoms with Crippen LogP contribution in [0.2, 0.25) is 0 Å². The van der Waals surface area contributed by atoms with Crippen LogP contribution in [-0.2, 0) is 10.2 Å². The molecule has 1 aliphatic rings. The lowest BCUT2D eigenvalue weighted by Gasteiger charge is -2.28. The molecule has 1 fully saturated rings. The second kappa shape index (κ2) is 8.95. The smallest absolute Gasteiger partial charge is 0.269 e. The fourth-order valence-electron chi connectivity index (χ4n) is 3.86. The number of nitro benzene ring substituents is 1. The molecule has 0 unspecified atom stereocenters. The Morgan fingerprint density at radius 3 is 2.47 bits per heavy atom. The number of anilines is 1. The van der Waals surface area contributed by atoms with Crippen molar-refractivity contribution in [1.82, 2.24) is 0 Å². The van der Waals surface area contributed by atoms with Gasteiger partial charge in [0, 0.05) is 17.8 Å². The van der Waals surface area contributed by atoms with Crippen LogP contribution >= 0.6 is 0 Å². The lowest BCUT2D eigenvalue weighted by Crippen LogP contribution is -2.38. The van der Waals surface area contributed by atoms with Crippen molar-refractivity contribution in [3.8, 4) is 11.8 Å². The SMILES string of the molecule is CC(C)COc1ccc(NC(=O)C2(c3ccc([N+](=O)[O-])cc3)CCCC2)cc1C#N. The van der Waals surface area contributed by atoms with Gasteiger partial charge >= 0.3 is 0 Å². The van der Waals surface area contributed by atoms with Crippen molar-refractivity contribution in [2.45, 2.75) is 44.9 Å². The van der Waals surface area contributed by atoms with Crippen molar-refractivity contribution in [2.75, 3.05) is 11.9 Å². The van der Waals surface area contributed by atoms with E-state index in [9.17, 15) is 20.2 Å². The summed E-state index contributed by atoms with van der Waals surface area (Å²) in [6.07, 6.45) is 3.18. The van der Waals surface area contributed by atoms with Crippen LogP contribution in [0.4, 0.5) is 11.4 Å². The van der Waals surface area contributed by atoms with Crippen LogP contribution in [0.5, 0.6) is 5.75 Å². The Balaban J connectivity index is 1.83. The number of carbonyl (C=O) groups excluding carboxylic acids is 1. The van der Waals surface area contributed by atoms with E-state index in [1.165, 1.54) is 12.1 Å². The summed E-state index contributed by atoms with van der Waals surface area (Å²) >= 11 is 0. The molecule has 0 radical (unpaired) electrons. The number of benzene rings is 2. The summed E-state index contributed by atoms with van der Waals surface area (Å²) in [6.45, 7) is 4.56. The van der Waals surface area contributed by atoms with E-state index in [0.29, 0.717) is 42.4 Å². The number of hydrogen-bond acceptors (Lipinski definition) is 5. The Labute approximate surface area is 175 Å². The quantitative estimate of drug-likeness (QED) is 0.516. The second-order valence-corrected chi connectivity index (χ2v) is 8.07. The molecule has 1 N–H and O–H groups in total. The molecule has 7 heteroatoms. The molecule has 0 bridgehead atoms. The fourth-order valence-corrected chi connectivity index (χ4v) is 3.86. The number of nitro groups is 1. The van der Waals surface area contributed by atoms with Gasteiger partial charge < -0.3 is 10.1 Å². The van der Waals surface area contributed by atoms with Gasteiger partial charge in [0.15, 0.2) is 0 Å². The highest BCUT2D eigenvalue weighted by atomic mass is 16.6. The zero-order chi connectivity index (χ0) is 21.7. The first-order valence-corrected chi connectivity index (χ1v) is 10.1. The lowest BCUT2D eigenvalue weighted by molar-refractivity contribution is -0.384. The van der Waals surface area contributed by atoms with Crippen molar-refractivity contribution in [3.63, 3.8) is 0 Å². The molecule has 0 atom stereocenters. The van der Waals surface area contributed by atoms with Gasteiger partial charge in [-0.05, 0) is 42.5 Å². The van der Waals surface area contributed by atoms with Gasteiger partial charge in [0.25, 0.3) is 5.69 Å². The number of non-ortho nitro benzene ring substituents is 1. The molecule has 2 aromatic rings. The largest absolute Gasteiger partial charge is 0.492 e. The van der Waals surface area contributed by atoms with Crippen molar-refractivity contribution in [3.05, 3.63) is 63.7 Å². The monoisotopic (exact) mass is 407 g/mol. The van der Waals surface area contributed by atoms with E-state index >= 15 is 0 Å². The summed E-state index contributed by atoms with van der Waals surface area (Å²) in [6, 6.07) is 13.4. The average molecular weight is 407 g/mol. The van der Waals surface area contributed by atoms with E-state index in [4.69, 9.17) is 4.74 Å². The Hall–Kier alpha value is -3.40. The summed E-state index contributed by atoms with van der Waals surface area (Å²) < 4.78 is 5.68. The molecule has 1 amide bonds. The van der Waals surface area contributed by atoms with Crippen molar-refractivity contribution < 1.29 is 14.5 Å². The van der Waals surface area contributed by atoms with Crippen LogP contribution in [0.15, 0.2) is 42.5 Å². The minimum absolute atomic E-state index is 0.00273. The molecule has 1 aliphatic carbocycles. The highest BCUT2D eigenvalue weighted by molar-refractivity contribution is 5.99. The molecule has 30 heavy (non-hydrogen) atoms. The molecular formula is C23H25N3O4. The van der Waals surface area contributed by atoms with Gasteiger partial charge in [-0.25, -0.2) is 0 Å². The molecule has 7 nitrogen and oxygen atoms in total. The molecule has 0 aliphatic heterocycles. The first kappa shape index (κ1) is 21.3. The van der Waals surface area contributed by atoms with Crippen LogP contribution < -0.4 is 10.1 Å². The van der Waals surface area contributed by atoms with Crippen LogP contribution in [0.1, 0.15) is 50.7 Å². The van der Waals surface area contributed by atoms with Gasteiger partial charge in [0.05, 0.1) is 22.5 Å². The number of hydrogen-bond donors (Lipinski definition) is 1. The topological polar surface area (TPSA) is 105 Å².